The summed E-state index contributed by atoms with van der Waals surface area (Å²) < 4.78 is 5.45. The predicted octanol–water partition coefficient (Wildman–Crippen LogP) is 3.94. The zero-order chi connectivity index (χ0) is 10.8. The van der Waals surface area contributed by atoms with Crippen molar-refractivity contribution in [3.8, 4) is 5.75 Å². The van der Waals surface area contributed by atoms with Crippen LogP contribution in [0.3, 0.4) is 0 Å². The zero-order valence-corrected chi connectivity index (χ0v) is 9.64. The van der Waals surface area contributed by atoms with E-state index in [1.165, 1.54) is 0 Å². The molecule has 0 bridgehead atoms. The summed E-state index contributed by atoms with van der Waals surface area (Å²) in [6.07, 6.45) is 1.69. The van der Waals surface area contributed by atoms with Crippen LogP contribution in [0.2, 0.25) is 10.0 Å². The molecule has 0 aliphatic heterocycles. The maximum atomic E-state index is 6.05. The lowest BCUT2D eigenvalue weighted by molar-refractivity contribution is 0.344. The first-order chi connectivity index (χ1) is 7.24. The molecule has 0 fully saturated rings. The van der Waals surface area contributed by atoms with Crippen LogP contribution >= 0.6 is 23.2 Å². The summed E-state index contributed by atoms with van der Waals surface area (Å²) in [7, 11) is 0. The second-order valence-electron chi connectivity index (χ2n) is 3.00. The molecule has 1 aromatic heterocycles. The summed E-state index contributed by atoms with van der Waals surface area (Å²) in [5.74, 6) is 0.596. The van der Waals surface area contributed by atoms with Crippen molar-refractivity contribution in [1.82, 2.24) is 4.98 Å². The van der Waals surface area contributed by atoms with Crippen molar-refractivity contribution in [2.24, 2.45) is 0 Å². The Morgan fingerprint density at radius 2 is 2.13 bits per heavy atom. The summed E-state index contributed by atoms with van der Waals surface area (Å²) in [4.78, 5) is 4.23. The Morgan fingerprint density at radius 1 is 1.33 bits per heavy atom. The quantitative estimate of drug-likeness (QED) is 0.795. The van der Waals surface area contributed by atoms with E-state index in [0.29, 0.717) is 27.9 Å². The first-order valence-corrected chi connectivity index (χ1v) is 5.35. The predicted molar refractivity (Wildman–Crippen MR) is 62.9 cm³/mol. The molecular formula is C11H9Cl2NO. The van der Waals surface area contributed by atoms with E-state index in [1.54, 1.807) is 12.3 Å². The van der Waals surface area contributed by atoms with Crippen LogP contribution in [-0.4, -0.2) is 11.6 Å². The van der Waals surface area contributed by atoms with Gasteiger partial charge in [0, 0.05) is 11.6 Å². The number of hydrogen-bond acceptors (Lipinski definition) is 2. The van der Waals surface area contributed by atoms with Crippen LogP contribution in [-0.2, 0) is 0 Å². The lowest BCUT2D eigenvalue weighted by atomic mass is 10.2. The molecule has 0 aliphatic carbocycles. The molecule has 15 heavy (non-hydrogen) atoms. The second kappa shape index (κ2) is 4.25. The van der Waals surface area contributed by atoms with Crippen LogP contribution in [0.1, 0.15) is 6.92 Å². The lowest BCUT2D eigenvalue weighted by Gasteiger charge is -2.09. The highest BCUT2D eigenvalue weighted by Gasteiger charge is 2.11. The molecule has 2 nitrogen and oxygen atoms in total. The fourth-order valence-corrected chi connectivity index (χ4v) is 2.00. The van der Waals surface area contributed by atoms with Crippen LogP contribution in [0.15, 0.2) is 24.4 Å². The molecule has 1 heterocycles. The van der Waals surface area contributed by atoms with E-state index in [2.05, 4.69) is 4.98 Å². The topological polar surface area (TPSA) is 22.1 Å². The lowest BCUT2D eigenvalue weighted by Crippen LogP contribution is -1.95. The van der Waals surface area contributed by atoms with E-state index in [1.807, 2.05) is 19.1 Å². The number of nitrogens with zero attached hydrogens (tertiary/aromatic N) is 1. The molecule has 0 saturated carbocycles. The number of hydrogen-bond donors (Lipinski definition) is 0. The normalized spacial score (nSPS) is 10.6. The Labute approximate surface area is 97.8 Å². The largest absolute Gasteiger partial charge is 0.490 e. The van der Waals surface area contributed by atoms with Crippen molar-refractivity contribution in [2.75, 3.05) is 6.61 Å². The number of halogens is 2. The van der Waals surface area contributed by atoms with Gasteiger partial charge in [-0.05, 0) is 25.1 Å². The molecule has 4 heteroatoms. The minimum atomic E-state index is 0.494. The van der Waals surface area contributed by atoms with E-state index in [-0.39, 0.29) is 0 Å². The van der Waals surface area contributed by atoms with Gasteiger partial charge in [-0.1, -0.05) is 23.2 Å². The van der Waals surface area contributed by atoms with E-state index in [0.717, 1.165) is 5.39 Å². The third-order valence-electron chi connectivity index (χ3n) is 2.04. The maximum Gasteiger partial charge on any atom is 0.164 e. The fraction of sp³-hybridized carbons (Fsp3) is 0.182. The summed E-state index contributed by atoms with van der Waals surface area (Å²) >= 11 is 12.1. The number of rotatable bonds is 2. The number of aromatic nitrogens is 1. The Balaban J connectivity index is 2.77. The van der Waals surface area contributed by atoms with Gasteiger partial charge in [-0.15, -0.1) is 0 Å². The van der Waals surface area contributed by atoms with Gasteiger partial charge in [0.1, 0.15) is 5.52 Å². The minimum absolute atomic E-state index is 0.494. The highest BCUT2D eigenvalue weighted by molar-refractivity contribution is 6.39. The minimum Gasteiger partial charge on any atom is -0.490 e. The molecule has 0 N–H and O–H groups in total. The SMILES string of the molecule is CCOc1c(Cl)cc(Cl)c2cccnc12. The first-order valence-electron chi connectivity index (χ1n) is 4.59. The summed E-state index contributed by atoms with van der Waals surface area (Å²) in [5.41, 5.74) is 0.705. The molecular weight excluding hydrogens is 233 g/mol. The van der Waals surface area contributed by atoms with Gasteiger partial charge in [0.15, 0.2) is 5.75 Å². The van der Waals surface area contributed by atoms with Crippen molar-refractivity contribution in [1.29, 1.82) is 0 Å². The van der Waals surface area contributed by atoms with Crippen molar-refractivity contribution in [3.05, 3.63) is 34.4 Å². The summed E-state index contributed by atoms with van der Waals surface area (Å²) in [6, 6.07) is 5.40. The Bertz CT molecular complexity index is 499. The average Bonchev–Trinajstić information content (AvgIpc) is 2.24. The van der Waals surface area contributed by atoms with Crippen LogP contribution in [0, 0.1) is 0 Å². The van der Waals surface area contributed by atoms with Crippen LogP contribution in [0.4, 0.5) is 0 Å². The molecule has 0 saturated heterocycles. The first kappa shape index (κ1) is 10.5. The molecule has 0 atom stereocenters. The maximum absolute atomic E-state index is 6.05. The number of benzene rings is 1. The second-order valence-corrected chi connectivity index (χ2v) is 3.82. The smallest absolute Gasteiger partial charge is 0.164 e. The Kier molecular flexibility index (Phi) is 2.98. The van der Waals surface area contributed by atoms with Gasteiger partial charge in [0.2, 0.25) is 0 Å². The molecule has 0 amide bonds. The molecule has 0 spiro atoms. The third-order valence-corrected chi connectivity index (χ3v) is 2.63. The van der Waals surface area contributed by atoms with Crippen LogP contribution in [0.25, 0.3) is 10.9 Å². The van der Waals surface area contributed by atoms with Gasteiger partial charge in [-0.25, -0.2) is 0 Å². The van der Waals surface area contributed by atoms with Crippen LogP contribution in [0.5, 0.6) is 5.75 Å². The van der Waals surface area contributed by atoms with Crippen molar-refractivity contribution in [3.63, 3.8) is 0 Å². The van der Waals surface area contributed by atoms with E-state index < -0.39 is 0 Å². The van der Waals surface area contributed by atoms with E-state index in [4.69, 9.17) is 27.9 Å². The monoisotopic (exact) mass is 241 g/mol. The van der Waals surface area contributed by atoms with Crippen molar-refractivity contribution in [2.45, 2.75) is 6.92 Å². The van der Waals surface area contributed by atoms with Crippen molar-refractivity contribution >= 4 is 34.1 Å². The average molecular weight is 242 g/mol. The van der Waals surface area contributed by atoms with E-state index >= 15 is 0 Å². The molecule has 2 rings (SSSR count). The summed E-state index contributed by atoms with van der Waals surface area (Å²) in [5, 5.41) is 1.94. The number of fused-ring (bicyclic) bond motifs is 1. The highest BCUT2D eigenvalue weighted by atomic mass is 35.5. The van der Waals surface area contributed by atoms with Gasteiger partial charge in [0.25, 0.3) is 0 Å². The molecule has 78 valence electrons. The number of pyridine rings is 1. The van der Waals surface area contributed by atoms with E-state index in [9.17, 15) is 0 Å². The standard InChI is InChI=1S/C11H9Cl2NO/c1-2-15-11-9(13)6-8(12)7-4-3-5-14-10(7)11/h3-6H,2H2,1H3. The zero-order valence-electron chi connectivity index (χ0n) is 8.13. The van der Waals surface area contributed by atoms with Gasteiger partial charge < -0.3 is 4.74 Å². The Hall–Kier alpha value is -0.990. The molecule has 0 aliphatic rings. The van der Waals surface area contributed by atoms with Crippen molar-refractivity contribution < 1.29 is 4.74 Å². The highest BCUT2D eigenvalue weighted by Crippen LogP contribution is 2.36. The van der Waals surface area contributed by atoms with Gasteiger partial charge in [0.05, 0.1) is 16.7 Å². The molecule has 0 unspecified atom stereocenters. The Morgan fingerprint density at radius 3 is 2.87 bits per heavy atom. The number of ether oxygens (including phenoxy) is 1. The molecule has 1 aromatic carbocycles. The fourth-order valence-electron chi connectivity index (χ4n) is 1.43. The van der Waals surface area contributed by atoms with Gasteiger partial charge in [-0.2, -0.15) is 0 Å². The third kappa shape index (κ3) is 1.87. The van der Waals surface area contributed by atoms with Crippen LogP contribution < -0.4 is 4.74 Å². The van der Waals surface area contributed by atoms with Gasteiger partial charge in [-0.3, -0.25) is 4.98 Å². The summed E-state index contributed by atoms with van der Waals surface area (Å²) in [6.45, 7) is 2.45. The van der Waals surface area contributed by atoms with Gasteiger partial charge >= 0.3 is 0 Å². The molecule has 0 radical (unpaired) electrons. The molecule has 2 aromatic rings.